The molecule has 5 nitrogen and oxygen atoms in total. The van der Waals surface area contributed by atoms with E-state index in [9.17, 15) is 4.79 Å². The second kappa shape index (κ2) is 6.04. The number of hydrogen-bond acceptors (Lipinski definition) is 5. The number of carbonyl (C=O) groups excluding carboxylic acids is 1. The van der Waals surface area contributed by atoms with Crippen molar-refractivity contribution in [3.05, 3.63) is 52.4 Å². The minimum atomic E-state index is -0.203. The molecule has 1 aliphatic rings. The minimum Gasteiger partial charge on any atom is -0.458 e. The molecule has 0 atom stereocenters. The van der Waals surface area contributed by atoms with Gasteiger partial charge in [-0.15, -0.1) is 11.3 Å². The van der Waals surface area contributed by atoms with Gasteiger partial charge in [0.2, 0.25) is 0 Å². The maximum atomic E-state index is 12.3. The predicted octanol–water partition coefficient (Wildman–Crippen LogP) is 3.80. The van der Waals surface area contributed by atoms with E-state index in [2.05, 4.69) is 10.5 Å². The first-order valence-electron chi connectivity index (χ1n) is 7.69. The van der Waals surface area contributed by atoms with E-state index in [0.717, 1.165) is 53.4 Å². The lowest BCUT2D eigenvalue weighted by molar-refractivity contribution is 0.0938. The van der Waals surface area contributed by atoms with Crippen molar-refractivity contribution in [3.8, 4) is 10.6 Å². The Morgan fingerprint density at radius 1 is 1.26 bits per heavy atom. The summed E-state index contributed by atoms with van der Waals surface area (Å²) in [7, 11) is 0. The van der Waals surface area contributed by atoms with Gasteiger partial charge in [0.1, 0.15) is 17.3 Å². The molecule has 23 heavy (non-hydrogen) atoms. The van der Waals surface area contributed by atoms with Crippen LogP contribution in [0.5, 0.6) is 0 Å². The molecule has 118 valence electrons. The minimum absolute atomic E-state index is 0.203. The van der Waals surface area contributed by atoms with Crippen LogP contribution in [0.1, 0.15) is 40.4 Å². The van der Waals surface area contributed by atoms with Gasteiger partial charge < -0.3 is 14.3 Å². The summed E-state index contributed by atoms with van der Waals surface area (Å²) in [6.07, 6.45) is 3.92. The third-order valence-corrected chi connectivity index (χ3v) is 4.90. The Hall–Kier alpha value is -2.34. The predicted molar refractivity (Wildman–Crippen MR) is 86.3 cm³/mol. The number of aromatic nitrogens is 1. The van der Waals surface area contributed by atoms with Crippen molar-refractivity contribution in [1.82, 2.24) is 10.5 Å². The molecule has 3 heterocycles. The van der Waals surface area contributed by atoms with Crippen molar-refractivity contribution >= 4 is 17.2 Å². The van der Waals surface area contributed by atoms with Gasteiger partial charge in [0.25, 0.3) is 5.91 Å². The van der Waals surface area contributed by atoms with E-state index in [4.69, 9.17) is 8.94 Å². The van der Waals surface area contributed by atoms with E-state index in [1.165, 1.54) is 0 Å². The molecule has 3 aromatic rings. The number of aryl methyl sites for hydroxylation is 1. The van der Waals surface area contributed by atoms with Crippen LogP contribution >= 0.6 is 11.3 Å². The van der Waals surface area contributed by atoms with Gasteiger partial charge in [-0.25, -0.2) is 0 Å². The third kappa shape index (κ3) is 2.82. The third-order valence-electron chi connectivity index (χ3n) is 4.01. The molecule has 4 rings (SSSR count). The zero-order chi connectivity index (χ0) is 15.6. The number of thiophene rings is 1. The fourth-order valence-corrected chi connectivity index (χ4v) is 3.53. The van der Waals surface area contributed by atoms with Gasteiger partial charge >= 0.3 is 0 Å². The Morgan fingerprint density at radius 2 is 2.17 bits per heavy atom. The van der Waals surface area contributed by atoms with Crippen molar-refractivity contribution < 1.29 is 13.7 Å². The van der Waals surface area contributed by atoms with E-state index < -0.39 is 0 Å². The highest BCUT2D eigenvalue weighted by Gasteiger charge is 2.23. The van der Waals surface area contributed by atoms with Crippen molar-refractivity contribution in [2.24, 2.45) is 0 Å². The number of nitrogens with one attached hydrogen (secondary N) is 1. The molecule has 0 aliphatic heterocycles. The van der Waals surface area contributed by atoms with Crippen LogP contribution in [0.4, 0.5) is 0 Å². The van der Waals surface area contributed by atoms with E-state index in [0.29, 0.717) is 12.2 Å². The smallest absolute Gasteiger partial charge is 0.274 e. The molecule has 1 amide bonds. The molecular formula is C17H16N2O3S. The number of carbonyl (C=O) groups is 1. The van der Waals surface area contributed by atoms with Crippen molar-refractivity contribution in [2.75, 3.05) is 0 Å². The second-order valence-electron chi connectivity index (χ2n) is 5.57. The van der Waals surface area contributed by atoms with Crippen LogP contribution in [0.2, 0.25) is 0 Å². The van der Waals surface area contributed by atoms with E-state index >= 15 is 0 Å². The Balaban J connectivity index is 1.43. The molecular weight excluding hydrogens is 312 g/mol. The van der Waals surface area contributed by atoms with Crippen LogP contribution in [0.25, 0.3) is 10.6 Å². The Morgan fingerprint density at radius 3 is 3.04 bits per heavy atom. The summed E-state index contributed by atoms with van der Waals surface area (Å²) in [6, 6.07) is 7.80. The summed E-state index contributed by atoms with van der Waals surface area (Å²) in [5.41, 5.74) is 1.39. The lowest BCUT2D eigenvalue weighted by Crippen LogP contribution is -2.24. The zero-order valence-corrected chi connectivity index (χ0v) is 13.3. The first-order chi connectivity index (χ1) is 11.3. The lowest BCUT2D eigenvalue weighted by Gasteiger charge is -2.08. The lowest BCUT2D eigenvalue weighted by atomic mass is 9.96. The standard InChI is InChI=1S/C17H16N2O3S/c20-17(16-12-4-1-2-5-13(12)22-19-16)18-10-11-7-8-14(21-11)15-6-3-9-23-15/h3,6-9H,1-2,4-5,10H2,(H,18,20). The largest absolute Gasteiger partial charge is 0.458 e. The molecule has 0 unspecified atom stereocenters. The van der Waals surface area contributed by atoms with Gasteiger partial charge in [-0.3, -0.25) is 4.79 Å². The van der Waals surface area contributed by atoms with Crippen LogP contribution in [0.15, 0.2) is 38.6 Å². The summed E-state index contributed by atoms with van der Waals surface area (Å²) >= 11 is 1.62. The summed E-state index contributed by atoms with van der Waals surface area (Å²) in [6.45, 7) is 0.339. The fraction of sp³-hybridized carbons (Fsp3) is 0.294. The second-order valence-corrected chi connectivity index (χ2v) is 6.51. The van der Waals surface area contributed by atoms with Gasteiger partial charge in [0.05, 0.1) is 11.4 Å². The summed E-state index contributed by atoms with van der Waals surface area (Å²) in [5, 5.41) is 8.81. The molecule has 0 fully saturated rings. The molecule has 0 saturated heterocycles. The van der Waals surface area contributed by atoms with Crippen LogP contribution in [0, 0.1) is 0 Å². The number of furan rings is 1. The van der Waals surface area contributed by atoms with E-state index in [1.807, 2.05) is 29.6 Å². The monoisotopic (exact) mass is 328 g/mol. The molecule has 1 N–H and O–H groups in total. The van der Waals surface area contributed by atoms with Crippen LogP contribution < -0.4 is 5.32 Å². The quantitative estimate of drug-likeness (QED) is 0.791. The zero-order valence-electron chi connectivity index (χ0n) is 12.5. The molecule has 0 radical (unpaired) electrons. The average Bonchev–Trinajstić information content (AvgIpc) is 3.31. The molecule has 6 heteroatoms. The maximum absolute atomic E-state index is 12.3. The molecule has 1 aliphatic carbocycles. The van der Waals surface area contributed by atoms with E-state index in [1.54, 1.807) is 11.3 Å². The number of hydrogen-bond donors (Lipinski definition) is 1. The Kier molecular flexibility index (Phi) is 3.75. The van der Waals surface area contributed by atoms with Gasteiger partial charge in [-0.1, -0.05) is 11.2 Å². The summed E-state index contributed by atoms with van der Waals surface area (Å²) < 4.78 is 11.0. The topological polar surface area (TPSA) is 68.3 Å². The number of fused-ring (bicyclic) bond motifs is 1. The summed E-state index contributed by atoms with van der Waals surface area (Å²) in [5.74, 6) is 2.20. The molecule has 0 spiro atoms. The van der Waals surface area contributed by atoms with Crippen molar-refractivity contribution in [2.45, 2.75) is 32.2 Å². The molecule has 0 bridgehead atoms. The summed E-state index contributed by atoms with van der Waals surface area (Å²) in [4.78, 5) is 13.4. The van der Waals surface area contributed by atoms with Gasteiger partial charge in [0, 0.05) is 12.0 Å². The normalized spacial score (nSPS) is 13.7. The number of amides is 1. The molecule has 0 aromatic carbocycles. The molecule has 0 saturated carbocycles. The van der Waals surface area contributed by atoms with Crippen LogP contribution in [0.3, 0.4) is 0 Å². The first-order valence-corrected chi connectivity index (χ1v) is 8.57. The highest BCUT2D eigenvalue weighted by molar-refractivity contribution is 7.13. The van der Waals surface area contributed by atoms with Crippen molar-refractivity contribution in [3.63, 3.8) is 0 Å². The number of rotatable bonds is 4. The molecule has 3 aromatic heterocycles. The van der Waals surface area contributed by atoms with Crippen molar-refractivity contribution in [1.29, 1.82) is 0 Å². The van der Waals surface area contributed by atoms with Crippen LogP contribution in [-0.4, -0.2) is 11.1 Å². The first kappa shape index (κ1) is 14.3. The van der Waals surface area contributed by atoms with Gasteiger partial charge in [0.15, 0.2) is 5.69 Å². The van der Waals surface area contributed by atoms with Gasteiger partial charge in [-0.05, 0) is 42.8 Å². The van der Waals surface area contributed by atoms with Gasteiger partial charge in [-0.2, -0.15) is 0 Å². The maximum Gasteiger partial charge on any atom is 0.274 e. The Labute approximate surface area is 137 Å². The Bertz CT molecular complexity index is 817. The number of nitrogens with zero attached hydrogens (tertiary/aromatic N) is 1. The fourth-order valence-electron chi connectivity index (χ4n) is 2.84. The highest BCUT2D eigenvalue weighted by Crippen LogP contribution is 2.27. The highest BCUT2D eigenvalue weighted by atomic mass is 32.1. The van der Waals surface area contributed by atoms with Crippen LogP contribution in [-0.2, 0) is 19.4 Å². The average molecular weight is 328 g/mol. The SMILES string of the molecule is O=C(NCc1ccc(-c2cccs2)o1)c1noc2c1CCCC2. The van der Waals surface area contributed by atoms with E-state index in [-0.39, 0.29) is 5.91 Å².